The van der Waals surface area contributed by atoms with E-state index in [1.54, 1.807) is 24.0 Å². The van der Waals surface area contributed by atoms with Gasteiger partial charge in [-0.3, -0.25) is 4.79 Å². The molecule has 6 nitrogen and oxygen atoms in total. The van der Waals surface area contributed by atoms with E-state index in [0.29, 0.717) is 31.9 Å². The lowest BCUT2D eigenvalue weighted by Crippen LogP contribution is -2.41. The van der Waals surface area contributed by atoms with Gasteiger partial charge in [-0.1, -0.05) is 30.3 Å². The van der Waals surface area contributed by atoms with Crippen LogP contribution in [0.5, 0.6) is 0 Å². The topological polar surface area (TPSA) is 75.7 Å². The molecule has 1 N–H and O–H groups in total. The Morgan fingerprint density at radius 1 is 1.14 bits per heavy atom. The molecule has 0 aliphatic carbocycles. The van der Waals surface area contributed by atoms with Crippen molar-refractivity contribution < 1.29 is 17.9 Å². The van der Waals surface area contributed by atoms with E-state index in [4.69, 9.17) is 4.74 Å². The monoisotopic (exact) mass is 420 g/mol. The molecule has 150 valence electrons. The average molecular weight is 421 g/mol. The summed E-state index contributed by atoms with van der Waals surface area (Å²) >= 11 is 1.42. The van der Waals surface area contributed by atoms with Crippen molar-refractivity contribution in [2.24, 2.45) is 0 Å². The highest BCUT2D eigenvalue weighted by atomic mass is 32.2. The molecular formula is C20H24N2O4S2. The predicted octanol–water partition coefficient (Wildman–Crippen LogP) is 2.92. The fourth-order valence-corrected chi connectivity index (χ4v) is 4.90. The molecule has 1 heterocycles. The van der Waals surface area contributed by atoms with Gasteiger partial charge in [0.05, 0.1) is 23.7 Å². The van der Waals surface area contributed by atoms with Crippen LogP contribution in [0.2, 0.25) is 0 Å². The molecule has 2 aromatic carbocycles. The molecule has 1 aliphatic heterocycles. The molecule has 3 rings (SSSR count). The fraction of sp³-hybridized carbons (Fsp3) is 0.350. The summed E-state index contributed by atoms with van der Waals surface area (Å²) in [6.07, 6.45) is 1.87. The molecule has 28 heavy (non-hydrogen) atoms. The van der Waals surface area contributed by atoms with E-state index < -0.39 is 10.0 Å². The lowest BCUT2D eigenvalue weighted by molar-refractivity contribution is 0.0300. The maximum atomic E-state index is 12.9. The van der Waals surface area contributed by atoms with Gasteiger partial charge in [0.2, 0.25) is 10.0 Å². The van der Waals surface area contributed by atoms with Crippen LogP contribution in [0.25, 0.3) is 0 Å². The highest BCUT2D eigenvalue weighted by Crippen LogP contribution is 2.26. The van der Waals surface area contributed by atoms with Gasteiger partial charge in [-0.25, -0.2) is 13.1 Å². The van der Waals surface area contributed by atoms with Gasteiger partial charge in [0, 0.05) is 24.0 Å². The lowest BCUT2D eigenvalue weighted by atomic mass is 10.1. The van der Waals surface area contributed by atoms with Crippen LogP contribution in [-0.2, 0) is 14.8 Å². The summed E-state index contributed by atoms with van der Waals surface area (Å²) in [4.78, 5) is 15.5. The molecule has 0 saturated carbocycles. The Balaban J connectivity index is 1.88. The summed E-state index contributed by atoms with van der Waals surface area (Å²) in [6.45, 7) is 3.80. The molecule has 2 aromatic rings. The first-order valence-electron chi connectivity index (χ1n) is 9.04. The molecule has 1 atom stereocenters. The number of hydrogen-bond acceptors (Lipinski definition) is 5. The molecule has 1 saturated heterocycles. The minimum atomic E-state index is -3.77. The third-order valence-electron chi connectivity index (χ3n) is 4.64. The SMILES string of the molecule is CSc1ccc(S(=O)(=O)N[C@H](C)c2ccccc2)cc1C(=O)N1CCOCC1. The van der Waals surface area contributed by atoms with Crippen LogP contribution in [0.1, 0.15) is 28.9 Å². The van der Waals surface area contributed by atoms with Gasteiger partial charge in [-0.05, 0) is 36.9 Å². The summed E-state index contributed by atoms with van der Waals surface area (Å²) in [5.41, 5.74) is 1.28. The summed E-state index contributed by atoms with van der Waals surface area (Å²) in [7, 11) is -3.77. The Labute approximate surface area is 170 Å². The molecule has 0 aromatic heterocycles. The largest absolute Gasteiger partial charge is 0.378 e. The minimum absolute atomic E-state index is 0.0877. The zero-order valence-electron chi connectivity index (χ0n) is 15.9. The van der Waals surface area contributed by atoms with Crippen LogP contribution >= 0.6 is 11.8 Å². The number of carbonyl (C=O) groups is 1. The van der Waals surface area contributed by atoms with Crippen molar-refractivity contribution in [1.82, 2.24) is 9.62 Å². The fourth-order valence-electron chi connectivity index (χ4n) is 3.07. The normalized spacial score (nSPS) is 16.0. The van der Waals surface area contributed by atoms with Crippen molar-refractivity contribution in [3.05, 3.63) is 59.7 Å². The summed E-state index contributed by atoms with van der Waals surface area (Å²) in [6, 6.07) is 13.7. The Morgan fingerprint density at radius 3 is 2.46 bits per heavy atom. The maximum Gasteiger partial charge on any atom is 0.255 e. The number of carbonyl (C=O) groups excluding carboxylic acids is 1. The summed E-state index contributed by atoms with van der Waals surface area (Å²) < 4.78 is 33.8. The highest BCUT2D eigenvalue weighted by molar-refractivity contribution is 7.98. The Kier molecular flexibility index (Phi) is 6.77. The Hall–Kier alpha value is -1.87. The van der Waals surface area contributed by atoms with E-state index in [2.05, 4.69) is 4.72 Å². The average Bonchev–Trinajstić information content (AvgIpc) is 2.73. The van der Waals surface area contributed by atoms with E-state index in [-0.39, 0.29) is 16.8 Å². The number of morpholine rings is 1. The molecule has 1 aliphatic rings. The van der Waals surface area contributed by atoms with Crippen LogP contribution < -0.4 is 4.72 Å². The first kappa shape index (κ1) is 20.9. The minimum Gasteiger partial charge on any atom is -0.378 e. The second kappa shape index (κ2) is 9.09. The first-order chi connectivity index (χ1) is 13.4. The number of nitrogens with one attached hydrogen (secondary N) is 1. The second-order valence-electron chi connectivity index (χ2n) is 6.52. The third kappa shape index (κ3) is 4.75. The van der Waals surface area contributed by atoms with Gasteiger partial charge in [0.1, 0.15) is 0 Å². The van der Waals surface area contributed by atoms with Gasteiger partial charge < -0.3 is 9.64 Å². The number of thioether (sulfide) groups is 1. The quantitative estimate of drug-likeness (QED) is 0.728. The zero-order valence-corrected chi connectivity index (χ0v) is 17.6. The molecule has 0 radical (unpaired) electrons. The van der Waals surface area contributed by atoms with Crippen molar-refractivity contribution in [3.8, 4) is 0 Å². The number of ether oxygens (including phenoxy) is 1. The van der Waals surface area contributed by atoms with Gasteiger partial charge in [-0.15, -0.1) is 11.8 Å². The number of amides is 1. The van der Waals surface area contributed by atoms with E-state index in [1.807, 2.05) is 36.6 Å². The second-order valence-corrected chi connectivity index (χ2v) is 9.08. The number of hydrogen-bond donors (Lipinski definition) is 1. The van der Waals surface area contributed by atoms with E-state index in [1.165, 1.54) is 17.8 Å². The predicted molar refractivity (Wildman–Crippen MR) is 110 cm³/mol. The molecule has 1 fully saturated rings. The van der Waals surface area contributed by atoms with Crippen LogP contribution in [0.15, 0.2) is 58.3 Å². The van der Waals surface area contributed by atoms with Crippen molar-refractivity contribution in [1.29, 1.82) is 0 Å². The zero-order chi connectivity index (χ0) is 20.1. The molecular weight excluding hydrogens is 396 g/mol. The summed E-state index contributed by atoms with van der Waals surface area (Å²) in [5.74, 6) is -0.166. The van der Waals surface area contributed by atoms with Crippen LogP contribution in [0.4, 0.5) is 0 Å². The number of rotatable bonds is 6. The van der Waals surface area contributed by atoms with Gasteiger partial charge in [-0.2, -0.15) is 0 Å². The Morgan fingerprint density at radius 2 is 1.82 bits per heavy atom. The molecule has 8 heteroatoms. The number of benzene rings is 2. The van der Waals surface area contributed by atoms with Crippen LogP contribution in [0, 0.1) is 0 Å². The molecule has 0 bridgehead atoms. The van der Waals surface area contributed by atoms with E-state index in [9.17, 15) is 13.2 Å². The molecule has 0 unspecified atom stereocenters. The van der Waals surface area contributed by atoms with Gasteiger partial charge >= 0.3 is 0 Å². The summed E-state index contributed by atoms with van der Waals surface area (Å²) in [5, 5.41) is 0. The highest BCUT2D eigenvalue weighted by Gasteiger charge is 2.25. The lowest BCUT2D eigenvalue weighted by Gasteiger charge is -2.27. The van der Waals surface area contributed by atoms with E-state index in [0.717, 1.165) is 10.5 Å². The van der Waals surface area contributed by atoms with Gasteiger partial charge in [0.15, 0.2) is 0 Å². The molecule has 0 spiro atoms. The van der Waals surface area contributed by atoms with Crippen molar-refractivity contribution in [2.75, 3.05) is 32.6 Å². The van der Waals surface area contributed by atoms with Crippen LogP contribution in [-0.4, -0.2) is 51.8 Å². The smallest absolute Gasteiger partial charge is 0.255 e. The van der Waals surface area contributed by atoms with Crippen molar-refractivity contribution >= 4 is 27.7 Å². The van der Waals surface area contributed by atoms with Gasteiger partial charge in [0.25, 0.3) is 5.91 Å². The number of sulfonamides is 1. The Bertz CT molecular complexity index is 926. The van der Waals surface area contributed by atoms with Crippen molar-refractivity contribution in [3.63, 3.8) is 0 Å². The van der Waals surface area contributed by atoms with Crippen molar-refractivity contribution in [2.45, 2.75) is 22.8 Å². The third-order valence-corrected chi connectivity index (χ3v) is 6.98. The first-order valence-corrected chi connectivity index (χ1v) is 11.8. The van der Waals surface area contributed by atoms with E-state index >= 15 is 0 Å². The number of nitrogens with zero attached hydrogens (tertiary/aromatic N) is 1. The maximum absolute atomic E-state index is 12.9. The van der Waals surface area contributed by atoms with Crippen LogP contribution in [0.3, 0.4) is 0 Å². The standard InChI is InChI=1S/C20H24N2O4S2/c1-15(16-6-4-3-5-7-16)21-28(24,25)17-8-9-19(27-2)18(14-17)20(23)22-10-12-26-13-11-22/h3-9,14-15,21H,10-13H2,1-2H3/t15-/m1/s1. The molecule has 1 amide bonds.